The topological polar surface area (TPSA) is 56.8 Å². The van der Waals surface area contributed by atoms with Crippen LogP contribution in [-0.2, 0) is 11.2 Å². The molecule has 0 bridgehead atoms. The number of rotatable bonds is 7. The number of urea groups is 1. The fourth-order valence-corrected chi connectivity index (χ4v) is 4.34. The third-order valence-corrected chi connectivity index (χ3v) is 6.06. The highest BCUT2D eigenvalue weighted by atomic mass is 16.5. The van der Waals surface area contributed by atoms with Crippen molar-refractivity contribution in [1.29, 1.82) is 0 Å². The van der Waals surface area contributed by atoms with E-state index in [1.807, 2.05) is 18.2 Å². The van der Waals surface area contributed by atoms with Crippen LogP contribution in [0.4, 0.5) is 10.5 Å². The van der Waals surface area contributed by atoms with Gasteiger partial charge in [-0.2, -0.15) is 0 Å². The summed E-state index contributed by atoms with van der Waals surface area (Å²) >= 11 is 0. The van der Waals surface area contributed by atoms with E-state index in [9.17, 15) is 4.79 Å². The highest BCUT2D eigenvalue weighted by Gasteiger charge is 2.24. The van der Waals surface area contributed by atoms with Crippen LogP contribution >= 0.6 is 0 Å². The lowest BCUT2D eigenvalue weighted by atomic mass is 10.1. The average molecular weight is 409 g/mol. The minimum atomic E-state index is -0.114. The number of benzene rings is 2. The number of ether oxygens (including phenoxy) is 1. The van der Waals surface area contributed by atoms with Gasteiger partial charge in [0, 0.05) is 44.5 Å². The number of carbonyl (C=O) groups excluding carboxylic acids is 1. The van der Waals surface area contributed by atoms with Crippen molar-refractivity contribution in [3.05, 3.63) is 65.7 Å². The van der Waals surface area contributed by atoms with E-state index in [0.717, 1.165) is 51.4 Å². The fraction of sp³-hybridized carbons (Fsp3) is 0.458. The van der Waals surface area contributed by atoms with E-state index < -0.39 is 0 Å². The van der Waals surface area contributed by atoms with Gasteiger partial charge in [0.1, 0.15) is 0 Å². The Morgan fingerprint density at radius 1 is 1.03 bits per heavy atom. The molecule has 2 heterocycles. The van der Waals surface area contributed by atoms with Gasteiger partial charge in [0.2, 0.25) is 0 Å². The normalized spacial score (nSPS) is 18.5. The molecule has 2 N–H and O–H groups in total. The Bertz CT molecular complexity index is 823. The second-order valence-corrected chi connectivity index (χ2v) is 8.15. The largest absolute Gasteiger partial charge is 0.379 e. The van der Waals surface area contributed by atoms with E-state index in [1.165, 1.54) is 11.3 Å². The summed E-state index contributed by atoms with van der Waals surface area (Å²) < 4.78 is 5.46. The van der Waals surface area contributed by atoms with Crippen molar-refractivity contribution in [3.8, 4) is 0 Å². The molecule has 2 unspecified atom stereocenters. The second-order valence-electron chi connectivity index (χ2n) is 8.15. The van der Waals surface area contributed by atoms with Crippen LogP contribution in [0.5, 0.6) is 0 Å². The van der Waals surface area contributed by atoms with Crippen LogP contribution in [0.2, 0.25) is 0 Å². The number of nitrogens with zero attached hydrogens (tertiary/aromatic N) is 2. The molecule has 6 nitrogen and oxygen atoms in total. The number of amides is 2. The molecule has 2 aromatic rings. The van der Waals surface area contributed by atoms with Gasteiger partial charge in [-0.05, 0) is 30.5 Å². The monoisotopic (exact) mass is 408 g/mol. The molecule has 0 radical (unpaired) electrons. The zero-order valence-corrected chi connectivity index (χ0v) is 17.7. The number of hydrogen-bond donors (Lipinski definition) is 2. The quantitative estimate of drug-likeness (QED) is 0.740. The smallest absolute Gasteiger partial charge is 0.315 e. The highest BCUT2D eigenvalue weighted by molar-refractivity contribution is 5.74. The summed E-state index contributed by atoms with van der Waals surface area (Å²) in [4.78, 5) is 17.5. The van der Waals surface area contributed by atoms with Gasteiger partial charge in [0.15, 0.2) is 0 Å². The maximum Gasteiger partial charge on any atom is 0.315 e. The second kappa shape index (κ2) is 9.96. The first kappa shape index (κ1) is 20.7. The van der Waals surface area contributed by atoms with Crippen LogP contribution in [0, 0.1) is 0 Å². The highest BCUT2D eigenvalue weighted by Crippen LogP contribution is 2.28. The molecule has 2 aliphatic heterocycles. The molecule has 2 atom stereocenters. The van der Waals surface area contributed by atoms with E-state index in [4.69, 9.17) is 4.74 Å². The van der Waals surface area contributed by atoms with Gasteiger partial charge in [-0.1, -0.05) is 48.5 Å². The van der Waals surface area contributed by atoms with Crippen molar-refractivity contribution in [2.45, 2.75) is 25.4 Å². The molecule has 160 valence electrons. The summed E-state index contributed by atoms with van der Waals surface area (Å²) in [6.45, 7) is 7.88. The molecule has 4 rings (SSSR count). The molecule has 1 fully saturated rings. The number of nitrogens with one attached hydrogen (secondary N) is 2. The molecule has 1 saturated heterocycles. The number of morpholine rings is 1. The summed E-state index contributed by atoms with van der Waals surface area (Å²) in [6.07, 6.45) is 1.07. The van der Waals surface area contributed by atoms with Gasteiger partial charge in [0.05, 0.1) is 19.3 Å². The summed E-state index contributed by atoms with van der Waals surface area (Å²) in [5.41, 5.74) is 3.81. The number of carbonyl (C=O) groups is 1. The molecule has 0 aromatic heterocycles. The van der Waals surface area contributed by atoms with Crippen LogP contribution in [-0.4, -0.2) is 62.9 Å². The number of fused-ring (bicyclic) bond motifs is 1. The number of hydrogen-bond acceptors (Lipinski definition) is 4. The molecular weight excluding hydrogens is 376 g/mol. The molecule has 2 aromatic carbocycles. The van der Waals surface area contributed by atoms with Gasteiger partial charge in [-0.25, -0.2) is 4.79 Å². The van der Waals surface area contributed by atoms with Gasteiger partial charge >= 0.3 is 6.03 Å². The molecular formula is C24H32N4O2. The molecule has 0 aliphatic carbocycles. The van der Waals surface area contributed by atoms with Crippen LogP contribution in [0.15, 0.2) is 54.6 Å². The Hall–Kier alpha value is -2.57. The van der Waals surface area contributed by atoms with E-state index in [1.54, 1.807) is 0 Å². The maximum atomic E-state index is 12.7. The summed E-state index contributed by atoms with van der Waals surface area (Å²) in [5.74, 6) is 0. The Balaban J connectivity index is 1.33. The number of anilines is 1. The van der Waals surface area contributed by atoms with Gasteiger partial charge < -0.3 is 20.3 Å². The van der Waals surface area contributed by atoms with Crippen molar-refractivity contribution in [2.24, 2.45) is 0 Å². The SMILES string of the molecule is CC(CNC(=O)NC(CN1CCOCC1)c1ccccc1)N1CCc2ccccc21. The van der Waals surface area contributed by atoms with Crippen molar-refractivity contribution < 1.29 is 9.53 Å². The molecule has 30 heavy (non-hydrogen) atoms. The third-order valence-electron chi connectivity index (χ3n) is 6.06. The van der Waals surface area contributed by atoms with Crippen molar-refractivity contribution in [3.63, 3.8) is 0 Å². The molecule has 0 saturated carbocycles. The van der Waals surface area contributed by atoms with Crippen LogP contribution in [0.3, 0.4) is 0 Å². The average Bonchev–Trinajstić information content (AvgIpc) is 3.23. The predicted octanol–water partition coefficient (Wildman–Crippen LogP) is 2.81. The summed E-state index contributed by atoms with van der Waals surface area (Å²) in [5, 5.41) is 6.29. The maximum absolute atomic E-state index is 12.7. The lowest BCUT2D eigenvalue weighted by molar-refractivity contribution is 0.0340. The fourth-order valence-electron chi connectivity index (χ4n) is 4.34. The van der Waals surface area contributed by atoms with Crippen molar-refractivity contribution >= 4 is 11.7 Å². The third kappa shape index (κ3) is 5.12. The van der Waals surface area contributed by atoms with E-state index in [0.29, 0.717) is 6.54 Å². The first-order valence-electron chi connectivity index (χ1n) is 10.9. The van der Waals surface area contributed by atoms with E-state index in [-0.39, 0.29) is 18.1 Å². The minimum Gasteiger partial charge on any atom is -0.379 e. The van der Waals surface area contributed by atoms with Crippen LogP contribution in [0.25, 0.3) is 0 Å². The summed E-state index contributed by atoms with van der Waals surface area (Å²) in [6, 6.07) is 18.8. The standard InChI is InChI=1S/C24H32N4O2/c1-19(28-12-11-21-9-5-6-10-23(21)28)17-25-24(29)26-22(20-7-3-2-4-8-20)18-27-13-15-30-16-14-27/h2-10,19,22H,11-18H2,1H3,(H2,25,26,29). The van der Waals surface area contributed by atoms with Crippen molar-refractivity contribution in [1.82, 2.24) is 15.5 Å². The first-order valence-corrected chi connectivity index (χ1v) is 10.9. The van der Waals surface area contributed by atoms with E-state index in [2.05, 4.69) is 63.8 Å². The molecule has 0 spiro atoms. The molecule has 2 amide bonds. The molecule has 6 heteroatoms. The van der Waals surface area contributed by atoms with Crippen LogP contribution in [0.1, 0.15) is 24.1 Å². The Labute approximate surface area is 179 Å². The minimum absolute atomic E-state index is 0.0490. The van der Waals surface area contributed by atoms with Gasteiger partial charge in [-0.3, -0.25) is 4.90 Å². The van der Waals surface area contributed by atoms with Crippen molar-refractivity contribution in [2.75, 3.05) is 50.8 Å². The Morgan fingerprint density at radius 2 is 1.77 bits per heavy atom. The lowest BCUT2D eigenvalue weighted by Crippen LogP contribution is -2.48. The summed E-state index contributed by atoms with van der Waals surface area (Å²) in [7, 11) is 0. The zero-order valence-electron chi connectivity index (χ0n) is 17.7. The Morgan fingerprint density at radius 3 is 2.57 bits per heavy atom. The lowest BCUT2D eigenvalue weighted by Gasteiger charge is -2.31. The van der Waals surface area contributed by atoms with Gasteiger partial charge in [-0.15, -0.1) is 0 Å². The molecule has 2 aliphatic rings. The van der Waals surface area contributed by atoms with Gasteiger partial charge in [0.25, 0.3) is 0 Å². The van der Waals surface area contributed by atoms with E-state index >= 15 is 0 Å². The van der Waals surface area contributed by atoms with Crippen LogP contribution < -0.4 is 15.5 Å². The zero-order chi connectivity index (χ0) is 20.8. The Kier molecular flexibility index (Phi) is 6.87. The first-order chi connectivity index (χ1) is 14.7. The number of para-hydroxylation sites is 1. The predicted molar refractivity (Wildman–Crippen MR) is 120 cm³/mol.